The minimum absolute atomic E-state index is 0.402. The van der Waals surface area contributed by atoms with Gasteiger partial charge < -0.3 is 5.11 Å². The molecule has 0 saturated heterocycles. The number of unbranched alkanes of at least 4 members (excludes halogenated alkanes) is 1. The van der Waals surface area contributed by atoms with Gasteiger partial charge in [0.2, 0.25) is 0 Å². The molecule has 2 nitrogen and oxygen atoms in total. The van der Waals surface area contributed by atoms with E-state index in [4.69, 9.17) is 5.26 Å². The van der Waals surface area contributed by atoms with Crippen molar-refractivity contribution >= 4 is 0 Å². The molecule has 0 bridgehead atoms. The molecule has 0 saturated carbocycles. The Morgan fingerprint density at radius 2 is 2.00 bits per heavy atom. The molecule has 1 N–H and O–H groups in total. The van der Waals surface area contributed by atoms with Crippen LogP contribution in [0.15, 0.2) is 24.3 Å². The van der Waals surface area contributed by atoms with Crippen molar-refractivity contribution in [3.63, 3.8) is 0 Å². The average molecular weight is 217 g/mol. The third kappa shape index (κ3) is 4.04. The molecule has 2 heteroatoms. The number of aliphatic hydroxyl groups excluding tert-OH is 1. The molecule has 1 aromatic carbocycles. The van der Waals surface area contributed by atoms with Gasteiger partial charge in [0.25, 0.3) is 0 Å². The van der Waals surface area contributed by atoms with Gasteiger partial charge in [-0.15, -0.1) is 0 Å². The van der Waals surface area contributed by atoms with E-state index in [1.54, 1.807) is 0 Å². The molecular formula is C14H19NO. The van der Waals surface area contributed by atoms with Crippen molar-refractivity contribution < 1.29 is 5.11 Å². The molecule has 0 aromatic heterocycles. The summed E-state index contributed by atoms with van der Waals surface area (Å²) < 4.78 is 0. The highest BCUT2D eigenvalue weighted by molar-refractivity contribution is 5.24. The maximum absolute atomic E-state index is 9.77. The Hall–Kier alpha value is -1.33. The first kappa shape index (κ1) is 12.7. The average Bonchev–Trinajstić information content (AvgIpc) is 2.34. The van der Waals surface area contributed by atoms with Crippen LogP contribution in [0.5, 0.6) is 0 Å². The zero-order chi connectivity index (χ0) is 11.8. The van der Waals surface area contributed by atoms with E-state index in [1.807, 2.05) is 18.2 Å². The monoisotopic (exact) mass is 217 g/mol. The number of rotatable bonds is 6. The van der Waals surface area contributed by atoms with Crippen LogP contribution in [-0.2, 0) is 6.42 Å². The third-order valence-electron chi connectivity index (χ3n) is 2.71. The van der Waals surface area contributed by atoms with E-state index in [-0.39, 0.29) is 0 Å². The molecule has 0 aliphatic rings. The smallest absolute Gasteiger partial charge is 0.0799 e. The van der Waals surface area contributed by atoms with Crippen LogP contribution in [0.3, 0.4) is 0 Å². The van der Waals surface area contributed by atoms with Gasteiger partial charge in [0.1, 0.15) is 0 Å². The lowest BCUT2D eigenvalue weighted by atomic mass is 10.0. The molecule has 0 heterocycles. The predicted molar refractivity (Wildman–Crippen MR) is 64.9 cm³/mol. The summed E-state index contributed by atoms with van der Waals surface area (Å²) in [6.07, 6.45) is 3.93. The lowest BCUT2D eigenvalue weighted by Gasteiger charge is -2.09. The van der Waals surface area contributed by atoms with Crippen LogP contribution in [0.25, 0.3) is 0 Å². The van der Waals surface area contributed by atoms with Gasteiger partial charge in [-0.2, -0.15) is 5.26 Å². The van der Waals surface area contributed by atoms with E-state index in [2.05, 4.69) is 19.1 Å². The van der Waals surface area contributed by atoms with Crippen molar-refractivity contribution in [1.29, 1.82) is 5.26 Å². The molecule has 1 rings (SSSR count). The zero-order valence-electron chi connectivity index (χ0n) is 9.82. The van der Waals surface area contributed by atoms with Gasteiger partial charge in [-0.25, -0.2) is 0 Å². The Morgan fingerprint density at radius 3 is 2.56 bits per heavy atom. The van der Waals surface area contributed by atoms with Crippen LogP contribution in [0.1, 0.15) is 49.8 Å². The molecule has 1 unspecified atom stereocenters. The second-order valence-corrected chi connectivity index (χ2v) is 4.06. The fraction of sp³-hybridized carbons (Fsp3) is 0.500. The minimum atomic E-state index is -0.500. The lowest BCUT2D eigenvalue weighted by Crippen LogP contribution is -1.97. The first-order valence-corrected chi connectivity index (χ1v) is 5.91. The maximum Gasteiger partial charge on any atom is 0.0799 e. The maximum atomic E-state index is 9.77. The van der Waals surface area contributed by atoms with Gasteiger partial charge in [-0.1, -0.05) is 37.6 Å². The summed E-state index contributed by atoms with van der Waals surface area (Å²) >= 11 is 0. The predicted octanol–water partition coefficient (Wildman–Crippen LogP) is 3.37. The Balaban J connectivity index is 2.53. The van der Waals surface area contributed by atoms with Crippen LogP contribution in [0.4, 0.5) is 0 Å². The SMILES string of the molecule is CCCCc1ccc(C(O)CCC#N)cc1. The van der Waals surface area contributed by atoms with Gasteiger partial charge in [0.15, 0.2) is 0 Å². The number of aliphatic hydroxyl groups is 1. The summed E-state index contributed by atoms with van der Waals surface area (Å²) in [6.45, 7) is 2.18. The molecule has 0 fully saturated rings. The molecule has 0 spiro atoms. The number of benzene rings is 1. The van der Waals surface area contributed by atoms with E-state index in [9.17, 15) is 5.11 Å². The number of hydrogen-bond acceptors (Lipinski definition) is 2. The first-order valence-electron chi connectivity index (χ1n) is 5.91. The van der Waals surface area contributed by atoms with E-state index in [0.717, 1.165) is 12.0 Å². The zero-order valence-corrected chi connectivity index (χ0v) is 9.82. The molecule has 86 valence electrons. The van der Waals surface area contributed by atoms with Crippen molar-refractivity contribution in [1.82, 2.24) is 0 Å². The summed E-state index contributed by atoms with van der Waals surface area (Å²) in [7, 11) is 0. The normalized spacial score (nSPS) is 12.1. The Bertz CT molecular complexity index is 337. The van der Waals surface area contributed by atoms with E-state index in [1.165, 1.54) is 18.4 Å². The van der Waals surface area contributed by atoms with Crippen molar-refractivity contribution in [3.8, 4) is 6.07 Å². The quantitative estimate of drug-likeness (QED) is 0.794. The summed E-state index contributed by atoms with van der Waals surface area (Å²) in [5.41, 5.74) is 2.23. The highest BCUT2D eigenvalue weighted by Crippen LogP contribution is 2.19. The van der Waals surface area contributed by atoms with Crippen molar-refractivity contribution in [3.05, 3.63) is 35.4 Å². The molecule has 0 amide bonds. The van der Waals surface area contributed by atoms with E-state index < -0.39 is 6.10 Å². The number of hydrogen-bond donors (Lipinski definition) is 1. The molecule has 16 heavy (non-hydrogen) atoms. The van der Waals surface area contributed by atoms with Gasteiger partial charge in [-0.3, -0.25) is 0 Å². The van der Waals surface area contributed by atoms with Gasteiger partial charge >= 0.3 is 0 Å². The molecule has 1 aromatic rings. The molecule has 0 radical (unpaired) electrons. The van der Waals surface area contributed by atoms with Crippen LogP contribution < -0.4 is 0 Å². The number of nitrogens with zero attached hydrogens (tertiary/aromatic N) is 1. The summed E-state index contributed by atoms with van der Waals surface area (Å²) in [5, 5.41) is 18.2. The molecule has 1 atom stereocenters. The van der Waals surface area contributed by atoms with Crippen LogP contribution in [0, 0.1) is 11.3 Å². The molecule has 0 aliphatic heterocycles. The van der Waals surface area contributed by atoms with Crippen molar-refractivity contribution in [2.24, 2.45) is 0 Å². The van der Waals surface area contributed by atoms with Crippen LogP contribution in [-0.4, -0.2) is 5.11 Å². The number of aryl methyl sites for hydroxylation is 1. The van der Waals surface area contributed by atoms with Gasteiger partial charge in [0.05, 0.1) is 12.2 Å². The first-order chi connectivity index (χ1) is 7.77. The Labute approximate surface area is 97.5 Å². The summed E-state index contributed by atoms with van der Waals surface area (Å²) in [6, 6.07) is 10.1. The Kier molecular flexibility index (Phi) is 5.60. The second kappa shape index (κ2) is 7.03. The molecular weight excluding hydrogens is 198 g/mol. The highest BCUT2D eigenvalue weighted by atomic mass is 16.3. The van der Waals surface area contributed by atoms with Crippen LogP contribution in [0.2, 0.25) is 0 Å². The number of nitriles is 1. The minimum Gasteiger partial charge on any atom is -0.388 e. The lowest BCUT2D eigenvalue weighted by molar-refractivity contribution is 0.169. The second-order valence-electron chi connectivity index (χ2n) is 4.06. The standard InChI is InChI=1S/C14H19NO/c1-2-3-5-12-7-9-13(10-8-12)14(16)6-4-11-15/h7-10,14,16H,2-6H2,1H3. The third-order valence-corrected chi connectivity index (χ3v) is 2.71. The largest absolute Gasteiger partial charge is 0.388 e. The topological polar surface area (TPSA) is 44.0 Å². The highest BCUT2D eigenvalue weighted by Gasteiger charge is 2.06. The van der Waals surface area contributed by atoms with Crippen molar-refractivity contribution in [2.45, 2.75) is 45.1 Å². The van der Waals surface area contributed by atoms with Crippen LogP contribution >= 0.6 is 0 Å². The van der Waals surface area contributed by atoms with E-state index in [0.29, 0.717) is 12.8 Å². The van der Waals surface area contributed by atoms with Gasteiger partial charge in [-0.05, 0) is 30.4 Å². The van der Waals surface area contributed by atoms with Gasteiger partial charge in [0, 0.05) is 6.42 Å². The summed E-state index contributed by atoms with van der Waals surface area (Å²) in [4.78, 5) is 0. The Morgan fingerprint density at radius 1 is 1.31 bits per heavy atom. The molecule has 0 aliphatic carbocycles. The summed E-state index contributed by atoms with van der Waals surface area (Å²) in [5.74, 6) is 0. The fourth-order valence-electron chi connectivity index (χ4n) is 1.66. The van der Waals surface area contributed by atoms with Crippen molar-refractivity contribution in [2.75, 3.05) is 0 Å². The van der Waals surface area contributed by atoms with E-state index >= 15 is 0 Å². The fourth-order valence-corrected chi connectivity index (χ4v) is 1.66.